The van der Waals surface area contributed by atoms with Gasteiger partial charge in [0, 0.05) is 13.1 Å². The fraction of sp³-hybridized carbons (Fsp3) is 0.500. The van der Waals surface area contributed by atoms with E-state index < -0.39 is 6.04 Å². The van der Waals surface area contributed by atoms with Crippen LogP contribution in [-0.4, -0.2) is 23.9 Å². The van der Waals surface area contributed by atoms with E-state index in [0.717, 1.165) is 37.4 Å². The smallest absolute Gasteiger partial charge is 0.244 e. The van der Waals surface area contributed by atoms with Crippen LogP contribution in [0.1, 0.15) is 31.4 Å². The quantitative estimate of drug-likeness (QED) is 0.847. The maximum absolute atomic E-state index is 12.2. The van der Waals surface area contributed by atoms with Crippen LogP contribution in [-0.2, 0) is 4.79 Å². The summed E-state index contributed by atoms with van der Waals surface area (Å²) in [6.45, 7) is 3.93. The Morgan fingerprint density at radius 1 is 1.29 bits per heavy atom. The third kappa shape index (κ3) is 2.86. The summed E-state index contributed by atoms with van der Waals surface area (Å²) in [7, 11) is 0. The molecule has 1 aliphatic rings. The van der Waals surface area contributed by atoms with Crippen molar-refractivity contribution in [3.63, 3.8) is 0 Å². The number of carbonyl (C=O) groups is 1. The van der Waals surface area contributed by atoms with Crippen molar-refractivity contribution >= 4 is 5.91 Å². The first-order chi connectivity index (χ1) is 8.18. The highest BCUT2D eigenvalue weighted by Crippen LogP contribution is 2.20. The van der Waals surface area contributed by atoms with E-state index >= 15 is 0 Å². The van der Waals surface area contributed by atoms with Gasteiger partial charge in [-0.05, 0) is 24.3 Å². The van der Waals surface area contributed by atoms with Crippen molar-refractivity contribution in [2.75, 3.05) is 13.1 Å². The Balaban J connectivity index is 2.00. The summed E-state index contributed by atoms with van der Waals surface area (Å²) in [6.07, 6.45) is 2.18. The monoisotopic (exact) mass is 232 g/mol. The maximum Gasteiger partial charge on any atom is 0.244 e. The van der Waals surface area contributed by atoms with E-state index in [9.17, 15) is 4.79 Å². The van der Waals surface area contributed by atoms with Gasteiger partial charge in [-0.2, -0.15) is 0 Å². The van der Waals surface area contributed by atoms with Gasteiger partial charge in [0.05, 0.1) is 0 Å². The van der Waals surface area contributed by atoms with Crippen LogP contribution in [0.4, 0.5) is 0 Å². The lowest BCUT2D eigenvalue weighted by molar-refractivity contribution is -0.134. The fourth-order valence-electron chi connectivity index (χ4n) is 2.23. The van der Waals surface area contributed by atoms with E-state index in [1.807, 2.05) is 35.2 Å². The first-order valence-corrected chi connectivity index (χ1v) is 6.28. The molecule has 1 fully saturated rings. The lowest BCUT2D eigenvalue weighted by Gasteiger charge is -2.32. The molecule has 0 unspecified atom stereocenters. The molecule has 2 rings (SSSR count). The summed E-state index contributed by atoms with van der Waals surface area (Å²) in [5.41, 5.74) is 6.91. The number of piperidine rings is 1. The lowest BCUT2D eigenvalue weighted by Crippen LogP contribution is -2.42. The Hall–Kier alpha value is -1.35. The van der Waals surface area contributed by atoms with E-state index in [2.05, 4.69) is 6.92 Å². The summed E-state index contributed by atoms with van der Waals surface area (Å²) in [4.78, 5) is 14.1. The van der Waals surface area contributed by atoms with Crippen LogP contribution in [0.3, 0.4) is 0 Å². The Labute approximate surface area is 103 Å². The van der Waals surface area contributed by atoms with Crippen LogP contribution in [0.15, 0.2) is 30.3 Å². The molecule has 1 amide bonds. The first-order valence-electron chi connectivity index (χ1n) is 6.28. The van der Waals surface area contributed by atoms with Gasteiger partial charge in [0.2, 0.25) is 5.91 Å². The van der Waals surface area contributed by atoms with Gasteiger partial charge >= 0.3 is 0 Å². The van der Waals surface area contributed by atoms with Crippen molar-refractivity contribution in [2.45, 2.75) is 25.8 Å². The number of nitrogens with zero attached hydrogens (tertiary/aromatic N) is 1. The van der Waals surface area contributed by atoms with Crippen molar-refractivity contribution in [3.05, 3.63) is 35.9 Å². The topological polar surface area (TPSA) is 46.3 Å². The third-order valence-electron chi connectivity index (χ3n) is 3.52. The Kier molecular flexibility index (Phi) is 3.79. The predicted molar refractivity (Wildman–Crippen MR) is 68.3 cm³/mol. The van der Waals surface area contributed by atoms with Gasteiger partial charge in [-0.1, -0.05) is 37.3 Å². The SMILES string of the molecule is CC1CCN(C(=O)[C@H](N)c2ccccc2)CC1. The molecule has 3 nitrogen and oxygen atoms in total. The predicted octanol–water partition coefficient (Wildman–Crippen LogP) is 1.94. The van der Waals surface area contributed by atoms with Gasteiger partial charge < -0.3 is 10.6 Å². The Morgan fingerprint density at radius 2 is 1.88 bits per heavy atom. The van der Waals surface area contributed by atoms with Crippen LogP contribution in [0, 0.1) is 5.92 Å². The molecule has 0 saturated carbocycles. The zero-order valence-electron chi connectivity index (χ0n) is 10.3. The number of carbonyl (C=O) groups excluding carboxylic acids is 1. The van der Waals surface area contributed by atoms with Crippen molar-refractivity contribution in [2.24, 2.45) is 11.7 Å². The minimum atomic E-state index is -0.510. The van der Waals surface area contributed by atoms with E-state index in [1.165, 1.54) is 0 Å². The molecule has 92 valence electrons. The minimum Gasteiger partial charge on any atom is -0.341 e. The molecule has 1 aliphatic heterocycles. The normalized spacial score (nSPS) is 19.1. The second-order valence-electron chi connectivity index (χ2n) is 4.90. The van der Waals surface area contributed by atoms with Gasteiger partial charge in [-0.25, -0.2) is 0 Å². The summed E-state index contributed by atoms with van der Waals surface area (Å²) in [6, 6.07) is 9.08. The molecule has 2 N–H and O–H groups in total. The number of likely N-dealkylation sites (tertiary alicyclic amines) is 1. The van der Waals surface area contributed by atoms with Gasteiger partial charge in [0.25, 0.3) is 0 Å². The number of hydrogen-bond donors (Lipinski definition) is 1. The summed E-state index contributed by atoms with van der Waals surface area (Å²) < 4.78 is 0. The first kappa shape index (κ1) is 12.1. The number of rotatable bonds is 2. The molecule has 1 heterocycles. The highest BCUT2D eigenvalue weighted by atomic mass is 16.2. The van der Waals surface area contributed by atoms with Crippen LogP contribution >= 0.6 is 0 Å². The molecule has 1 aromatic carbocycles. The van der Waals surface area contributed by atoms with Crippen molar-refractivity contribution in [1.82, 2.24) is 4.90 Å². The number of nitrogens with two attached hydrogens (primary N) is 1. The lowest BCUT2D eigenvalue weighted by atomic mass is 9.98. The molecular formula is C14H20N2O. The second-order valence-corrected chi connectivity index (χ2v) is 4.90. The second kappa shape index (κ2) is 5.32. The molecule has 17 heavy (non-hydrogen) atoms. The summed E-state index contributed by atoms with van der Waals surface area (Å²) in [5, 5.41) is 0. The largest absolute Gasteiger partial charge is 0.341 e. The van der Waals surface area contributed by atoms with Gasteiger partial charge in [-0.15, -0.1) is 0 Å². The van der Waals surface area contributed by atoms with Crippen LogP contribution < -0.4 is 5.73 Å². The maximum atomic E-state index is 12.2. The zero-order chi connectivity index (χ0) is 12.3. The van der Waals surface area contributed by atoms with E-state index in [1.54, 1.807) is 0 Å². The molecule has 0 radical (unpaired) electrons. The molecule has 1 aromatic rings. The van der Waals surface area contributed by atoms with E-state index in [4.69, 9.17) is 5.73 Å². The summed E-state index contributed by atoms with van der Waals surface area (Å²) >= 11 is 0. The highest BCUT2D eigenvalue weighted by Gasteiger charge is 2.25. The van der Waals surface area contributed by atoms with Crippen molar-refractivity contribution in [1.29, 1.82) is 0 Å². The Bertz CT molecular complexity index is 369. The zero-order valence-corrected chi connectivity index (χ0v) is 10.3. The average molecular weight is 232 g/mol. The highest BCUT2D eigenvalue weighted by molar-refractivity contribution is 5.83. The number of hydrogen-bond acceptors (Lipinski definition) is 2. The van der Waals surface area contributed by atoms with Crippen LogP contribution in [0.25, 0.3) is 0 Å². The number of amides is 1. The molecule has 1 atom stereocenters. The molecule has 0 spiro atoms. The van der Waals surface area contributed by atoms with Crippen molar-refractivity contribution < 1.29 is 4.79 Å². The standard InChI is InChI=1S/C14H20N2O/c1-11-7-9-16(10-8-11)14(17)13(15)12-5-3-2-4-6-12/h2-6,11,13H,7-10,15H2,1H3/t13-/m1/s1. The van der Waals surface area contributed by atoms with Crippen LogP contribution in [0.5, 0.6) is 0 Å². The van der Waals surface area contributed by atoms with E-state index in [0.29, 0.717) is 0 Å². The van der Waals surface area contributed by atoms with Crippen molar-refractivity contribution in [3.8, 4) is 0 Å². The van der Waals surface area contributed by atoms with Crippen LogP contribution in [0.2, 0.25) is 0 Å². The number of benzene rings is 1. The molecule has 0 bridgehead atoms. The van der Waals surface area contributed by atoms with Gasteiger partial charge in [0.1, 0.15) is 6.04 Å². The molecular weight excluding hydrogens is 212 g/mol. The van der Waals surface area contributed by atoms with Gasteiger partial charge in [-0.3, -0.25) is 4.79 Å². The third-order valence-corrected chi connectivity index (χ3v) is 3.52. The molecule has 3 heteroatoms. The molecule has 1 saturated heterocycles. The summed E-state index contributed by atoms with van der Waals surface area (Å²) in [5.74, 6) is 0.787. The Morgan fingerprint density at radius 3 is 2.47 bits per heavy atom. The van der Waals surface area contributed by atoms with Gasteiger partial charge in [0.15, 0.2) is 0 Å². The van der Waals surface area contributed by atoms with E-state index in [-0.39, 0.29) is 5.91 Å². The molecule has 0 aliphatic carbocycles. The minimum absolute atomic E-state index is 0.0584. The average Bonchev–Trinajstić information content (AvgIpc) is 2.39. The molecule has 0 aromatic heterocycles. The fourth-order valence-corrected chi connectivity index (χ4v) is 2.23.